The Labute approximate surface area is 113 Å². The predicted molar refractivity (Wildman–Crippen MR) is 75.3 cm³/mol. The summed E-state index contributed by atoms with van der Waals surface area (Å²) in [5, 5.41) is 13.3. The second kappa shape index (κ2) is 6.52. The lowest BCUT2D eigenvalue weighted by molar-refractivity contribution is 0.0672. The summed E-state index contributed by atoms with van der Waals surface area (Å²) in [4.78, 5) is 4.11. The van der Waals surface area contributed by atoms with Crippen molar-refractivity contribution in [3.8, 4) is 0 Å². The van der Waals surface area contributed by atoms with Gasteiger partial charge in [0.1, 0.15) is 11.4 Å². The molecule has 0 saturated heterocycles. The second-order valence-electron chi connectivity index (χ2n) is 5.26. The van der Waals surface area contributed by atoms with Crippen LogP contribution >= 0.6 is 0 Å². The number of hydrogen-bond donors (Lipinski definition) is 3. The summed E-state index contributed by atoms with van der Waals surface area (Å²) in [6.45, 7) is 6.60. The van der Waals surface area contributed by atoms with E-state index in [1.807, 2.05) is 0 Å². The number of aliphatic hydroxyl groups is 1. The first kappa shape index (κ1) is 15.4. The summed E-state index contributed by atoms with van der Waals surface area (Å²) < 4.78 is 12.8. The zero-order valence-electron chi connectivity index (χ0n) is 11.7. The average Bonchev–Trinajstić information content (AvgIpc) is 2.34. The third-order valence-corrected chi connectivity index (χ3v) is 2.71. The molecule has 1 atom stereocenters. The third-order valence-electron chi connectivity index (χ3n) is 2.71. The summed E-state index contributed by atoms with van der Waals surface area (Å²) in [7, 11) is 0. The molecule has 0 radical (unpaired) electrons. The Morgan fingerprint density at radius 3 is 2.53 bits per heavy atom. The van der Waals surface area contributed by atoms with Crippen molar-refractivity contribution in [3.63, 3.8) is 0 Å². The zero-order valence-corrected chi connectivity index (χ0v) is 11.7. The van der Waals surface area contributed by atoms with E-state index in [1.54, 1.807) is 19.1 Å². The van der Waals surface area contributed by atoms with Gasteiger partial charge < -0.3 is 16.2 Å². The standard InChI is InChI=1S/C14H22FN3O/c1-10(2)8-17-13(16)18-9-14(3,19)11-4-6-12(15)7-5-11/h4-7,10,19H,8-9H2,1-3H3,(H3,16,17,18). The van der Waals surface area contributed by atoms with Crippen LogP contribution in [0.4, 0.5) is 4.39 Å². The molecular formula is C14H22FN3O. The zero-order chi connectivity index (χ0) is 14.5. The molecule has 1 aromatic rings. The number of benzene rings is 1. The van der Waals surface area contributed by atoms with Crippen molar-refractivity contribution in [2.75, 3.05) is 13.1 Å². The van der Waals surface area contributed by atoms with E-state index in [-0.39, 0.29) is 12.4 Å². The summed E-state index contributed by atoms with van der Waals surface area (Å²) in [6.07, 6.45) is 0. The molecule has 5 heteroatoms. The first-order valence-corrected chi connectivity index (χ1v) is 6.33. The van der Waals surface area contributed by atoms with E-state index >= 15 is 0 Å². The van der Waals surface area contributed by atoms with Gasteiger partial charge in [0.25, 0.3) is 0 Å². The maximum Gasteiger partial charge on any atom is 0.188 e. The van der Waals surface area contributed by atoms with Gasteiger partial charge in [-0.1, -0.05) is 26.0 Å². The third kappa shape index (κ3) is 5.26. The highest BCUT2D eigenvalue weighted by Gasteiger charge is 2.22. The van der Waals surface area contributed by atoms with Gasteiger partial charge in [-0.05, 0) is 30.5 Å². The minimum atomic E-state index is -1.17. The lowest BCUT2D eigenvalue weighted by Gasteiger charge is -2.22. The minimum absolute atomic E-state index is 0.121. The Balaban J connectivity index is 2.63. The van der Waals surface area contributed by atoms with Crippen LogP contribution in [0, 0.1) is 11.7 Å². The quantitative estimate of drug-likeness (QED) is 0.560. The molecule has 0 fully saturated rings. The predicted octanol–water partition coefficient (Wildman–Crippen LogP) is 1.59. The van der Waals surface area contributed by atoms with Crippen LogP contribution in [0.2, 0.25) is 0 Å². The highest BCUT2D eigenvalue weighted by molar-refractivity contribution is 5.77. The lowest BCUT2D eigenvalue weighted by atomic mass is 9.96. The van der Waals surface area contributed by atoms with E-state index in [0.29, 0.717) is 17.4 Å². The normalized spacial score (nSPS) is 15.4. The number of aliphatic imine (C=N–C) groups is 1. The van der Waals surface area contributed by atoms with Gasteiger partial charge in [-0.15, -0.1) is 0 Å². The molecule has 0 saturated carbocycles. The molecule has 0 bridgehead atoms. The fourth-order valence-corrected chi connectivity index (χ4v) is 1.50. The average molecular weight is 267 g/mol. The molecule has 106 valence electrons. The summed E-state index contributed by atoms with van der Waals surface area (Å²) in [5.74, 6) is 0.434. The van der Waals surface area contributed by atoms with Crippen molar-refractivity contribution in [2.24, 2.45) is 16.6 Å². The monoisotopic (exact) mass is 267 g/mol. The van der Waals surface area contributed by atoms with Crippen LogP contribution in [0.1, 0.15) is 26.3 Å². The maximum atomic E-state index is 12.8. The first-order chi connectivity index (χ1) is 8.81. The van der Waals surface area contributed by atoms with Crippen molar-refractivity contribution in [1.82, 2.24) is 5.32 Å². The molecule has 0 spiro atoms. The van der Waals surface area contributed by atoms with Crippen molar-refractivity contribution in [2.45, 2.75) is 26.4 Å². The molecule has 0 aromatic heterocycles. The Bertz CT molecular complexity index is 427. The lowest BCUT2D eigenvalue weighted by Crippen LogP contribution is -2.36. The van der Waals surface area contributed by atoms with Gasteiger partial charge in [-0.25, -0.2) is 4.39 Å². The minimum Gasteiger partial charge on any atom is -0.384 e. The van der Waals surface area contributed by atoms with E-state index in [2.05, 4.69) is 24.2 Å². The Kier molecular flexibility index (Phi) is 5.30. The Morgan fingerprint density at radius 1 is 1.42 bits per heavy atom. The smallest absolute Gasteiger partial charge is 0.188 e. The molecule has 4 N–H and O–H groups in total. The molecule has 1 rings (SSSR count). The van der Waals surface area contributed by atoms with Crippen LogP contribution in [0.5, 0.6) is 0 Å². The number of nitrogens with zero attached hydrogens (tertiary/aromatic N) is 1. The van der Waals surface area contributed by atoms with Crippen LogP contribution in [-0.4, -0.2) is 24.2 Å². The molecule has 1 unspecified atom stereocenters. The molecule has 0 aliphatic rings. The Hall–Kier alpha value is -1.62. The van der Waals surface area contributed by atoms with Crippen LogP contribution in [0.15, 0.2) is 29.3 Å². The fraction of sp³-hybridized carbons (Fsp3) is 0.500. The van der Waals surface area contributed by atoms with Crippen molar-refractivity contribution >= 4 is 5.96 Å². The molecule has 0 heterocycles. The van der Waals surface area contributed by atoms with E-state index in [4.69, 9.17) is 5.73 Å². The summed E-state index contributed by atoms with van der Waals surface area (Å²) >= 11 is 0. The molecule has 0 aliphatic heterocycles. The highest BCUT2D eigenvalue weighted by atomic mass is 19.1. The number of halogens is 1. The van der Waals surface area contributed by atoms with E-state index in [9.17, 15) is 9.50 Å². The summed E-state index contributed by atoms with van der Waals surface area (Å²) in [5.41, 5.74) is 5.14. The topological polar surface area (TPSA) is 70.6 Å². The number of rotatable bonds is 5. The van der Waals surface area contributed by atoms with Gasteiger partial charge in [0, 0.05) is 6.54 Å². The number of hydrogen-bond acceptors (Lipinski definition) is 2. The van der Waals surface area contributed by atoms with Gasteiger partial charge in [0.15, 0.2) is 5.96 Å². The molecule has 1 aromatic carbocycles. The van der Waals surface area contributed by atoms with Crippen molar-refractivity contribution in [3.05, 3.63) is 35.6 Å². The maximum absolute atomic E-state index is 12.8. The van der Waals surface area contributed by atoms with E-state index in [0.717, 1.165) is 6.54 Å². The molecular weight excluding hydrogens is 245 g/mol. The van der Waals surface area contributed by atoms with Crippen molar-refractivity contribution in [1.29, 1.82) is 0 Å². The fourth-order valence-electron chi connectivity index (χ4n) is 1.50. The molecule has 4 nitrogen and oxygen atoms in total. The number of nitrogens with two attached hydrogens (primary N) is 1. The first-order valence-electron chi connectivity index (χ1n) is 6.33. The Morgan fingerprint density at radius 2 is 2.00 bits per heavy atom. The van der Waals surface area contributed by atoms with E-state index < -0.39 is 5.60 Å². The van der Waals surface area contributed by atoms with Gasteiger partial charge in [0.2, 0.25) is 0 Å². The van der Waals surface area contributed by atoms with Gasteiger partial charge in [0.05, 0.1) is 6.54 Å². The highest BCUT2D eigenvalue weighted by Crippen LogP contribution is 2.20. The van der Waals surface area contributed by atoms with Crippen LogP contribution in [0.25, 0.3) is 0 Å². The molecule has 0 amide bonds. The number of nitrogens with one attached hydrogen (secondary N) is 1. The van der Waals surface area contributed by atoms with Crippen LogP contribution < -0.4 is 11.1 Å². The summed E-state index contributed by atoms with van der Waals surface area (Å²) in [6, 6.07) is 5.72. The van der Waals surface area contributed by atoms with Crippen LogP contribution in [-0.2, 0) is 5.60 Å². The van der Waals surface area contributed by atoms with Gasteiger partial charge in [-0.2, -0.15) is 0 Å². The van der Waals surface area contributed by atoms with Gasteiger partial charge >= 0.3 is 0 Å². The molecule has 0 aliphatic carbocycles. The number of guanidine groups is 1. The second-order valence-corrected chi connectivity index (χ2v) is 5.26. The molecule has 19 heavy (non-hydrogen) atoms. The van der Waals surface area contributed by atoms with Gasteiger partial charge in [-0.3, -0.25) is 4.99 Å². The van der Waals surface area contributed by atoms with E-state index in [1.165, 1.54) is 12.1 Å². The SMILES string of the molecule is CC(C)CNC(N)=NCC(C)(O)c1ccc(F)cc1. The largest absolute Gasteiger partial charge is 0.384 e. The van der Waals surface area contributed by atoms with Crippen molar-refractivity contribution < 1.29 is 9.50 Å². The van der Waals surface area contributed by atoms with Crippen LogP contribution in [0.3, 0.4) is 0 Å².